The Morgan fingerprint density at radius 1 is 0.575 bits per heavy atom. The van der Waals surface area contributed by atoms with E-state index in [1.165, 1.54) is 20.9 Å². The largest absolute Gasteiger partial charge is 0.365 e. The maximum absolute atomic E-state index is 12.5. The summed E-state index contributed by atoms with van der Waals surface area (Å²) in [5, 5.41) is 0. The molecule has 1 aliphatic carbocycles. The van der Waals surface area contributed by atoms with Crippen LogP contribution < -0.4 is 0 Å². The van der Waals surface area contributed by atoms with Crippen molar-refractivity contribution in [3.8, 4) is 0 Å². The zero-order valence-electron chi connectivity index (χ0n) is 26.0. The molecule has 3 heterocycles. The number of carbonyl (C=O) groups is 4. The van der Waals surface area contributed by atoms with Crippen LogP contribution in [0, 0.1) is 35.5 Å². The molecule has 220 valence electrons. The number of likely N-dealkylation sites (tertiary alicyclic amines) is 2. The second kappa shape index (κ2) is 12.8. The van der Waals surface area contributed by atoms with Gasteiger partial charge in [-0.15, -0.1) is 0 Å². The minimum Gasteiger partial charge on any atom is -0.365 e. The summed E-state index contributed by atoms with van der Waals surface area (Å²) in [6, 6.07) is 0. The van der Waals surface area contributed by atoms with Crippen LogP contribution in [0.15, 0.2) is 46.6 Å². The van der Waals surface area contributed by atoms with E-state index >= 15 is 0 Å². The van der Waals surface area contributed by atoms with Crippen LogP contribution >= 0.6 is 0 Å². The van der Waals surface area contributed by atoms with Gasteiger partial charge in [0.1, 0.15) is 0 Å². The zero-order chi connectivity index (χ0) is 30.0. The molecule has 8 atom stereocenters. The monoisotopic (exact) mass is 552 g/mol. The predicted octanol–water partition coefficient (Wildman–Crippen LogP) is 5.48. The highest BCUT2D eigenvalue weighted by Gasteiger charge is 2.58. The lowest BCUT2D eigenvalue weighted by Gasteiger charge is -2.18. The van der Waals surface area contributed by atoms with Crippen molar-refractivity contribution in [2.45, 2.75) is 87.9 Å². The third-order valence-corrected chi connectivity index (χ3v) is 8.19. The first-order valence-electron chi connectivity index (χ1n) is 14.7. The normalized spacial score (nSPS) is 32.4. The average Bonchev–Trinajstić information content (AvgIpc) is 3.50. The molecule has 3 saturated heterocycles. The second-order valence-electron chi connectivity index (χ2n) is 12.5. The Kier molecular flexibility index (Phi) is 10.2. The molecular formula is C33H48N2O5. The molecule has 4 amide bonds. The molecular weight excluding hydrogens is 504 g/mol. The molecule has 4 aliphatic rings. The van der Waals surface area contributed by atoms with Crippen LogP contribution in [0.2, 0.25) is 0 Å². The summed E-state index contributed by atoms with van der Waals surface area (Å²) in [6.45, 7) is 20.8. The second-order valence-corrected chi connectivity index (χ2v) is 12.5. The molecule has 0 radical (unpaired) electrons. The van der Waals surface area contributed by atoms with E-state index in [4.69, 9.17) is 4.74 Å². The van der Waals surface area contributed by atoms with Crippen LogP contribution in [0.1, 0.15) is 75.7 Å². The Morgan fingerprint density at radius 2 is 0.875 bits per heavy atom. The summed E-state index contributed by atoms with van der Waals surface area (Å²) >= 11 is 0. The van der Waals surface area contributed by atoms with Crippen molar-refractivity contribution in [3.63, 3.8) is 0 Å². The van der Waals surface area contributed by atoms with Gasteiger partial charge in [0.25, 0.3) is 0 Å². The summed E-state index contributed by atoms with van der Waals surface area (Å²) in [7, 11) is 0. The van der Waals surface area contributed by atoms with Crippen molar-refractivity contribution in [2.24, 2.45) is 35.5 Å². The highest BCUT2D eigenvalue weighted by molar-refractivity contribution is 6.07. The van der Waals surface area contributed by atoms with E-state index < -0.39 is 0 Å². The molecule has 0 aromatic heterocycles. The third kappa shape index (κ3) is 6.24. The van der Waals surface area contributed by atoms with Crippen molar-refractivity contribution in [1.82, 2.24) is 9.80 Å². The number of nitrogens with zero attached hydrogens (tertiary/aromatic N) is 2. The zero-order valence-corrected chi connectivity index (χ0v) is 26.0. The van der Waals surface area contributed by atoms with Gasteiger partial charge in [-0.2, -0.15) is 0 Å². The maximum Gasteiger partial charge on any atom is 0.236 e. The molecule has 7 nitrogen and oxygen atoms in total. The summed E-state index contributed by atoms with van der Waals surface area (Å²) < 4.78 is 5.96. The van der Waals surface area contributed by atoms with Gasteiger partial charge >= 0.3 is 0 Å². The van der Waals surface area contributed by atoms with E-state index in [0.29, 0.717) is 13.1 Å². The molecule has 8 unspecified atom stereocenters. The van der Waals surface area contributed by atoms with Crippen LogP contribution in [-0.4, -0.2) is 58.7 Å². The molecule has 7 heteroatoms. The van der Waals surface area contributed by atoms with Crippen molar-refractivity contribution in [2.75, 3.05) is 13.1 Å². The van der Waals surface area contributed by atoms with Crippen molar-refractivity contribution < 1.29 is 23.9 Å². The number of hydrogen-bond donors (Lipinski definition) is 0. The smallest absolute Gasteiger partial charge is 0.236 e. The number of ether oxygens (including phenoxy) is 1. The fourth-order valence-corrected chi connectivity index (χ4v) is 6.86. The van der Waals surface area contributed by atoms with E-state index in [0.717, 1.165) is 17.6 Å². The van der Waals surface area contributed by atoms with E-state index in [2.05, 4.69) is 39.8 Å². The fourth-order valence-electron chi connectivity index (χ4n) is 6.86. The van der Waals surface area contributed by atoms with E-state index in [1.54, 1.807) is 0 Å². The van der Waals surface area contributed by atoms with Gasteiger partial charge in [0.15, 0.2) is 0 Å². The van der Waals surface area contributed by atoms with E-state index in [-0.39, 0.29) is 71.3 Å². The molecule has 1 saturated carbocycles. The number of amides is 4. The van der Waals surface area contributed by atoms with E-state index in [1.807, 2.05) is 53.7 Å². The van der Waals surface area contributed by atoms with Gasteiger partial charge in [-0.05, 0) is 87.5 Å². The van der Waals surface area contributed by atoms with E-state index in [9.17, 15) is 19.2 Å². The lowest BCUT2D eigenvalue weighted by molar-refractivity contribution is -0.143. The number of carbonyl (C=O) groups excluding carboxylic acids is 4. The Morgan fingerprint density at radius 3 is 1.15 bits per heavy atom. The van der Waals surface area contributed by atoms with Gasteiger partial charge in [-0.1, -0.05) is 46.6 Å². The molecule has 0 aromatic rings. The average molecular weight is 553 g/mol. The Balaban J connectivity index is 0.000000220. The van der Waals surface area contributed by atoms with Crippen LogP contribution in [0.4, 0.5) is 0 Å². The molecule has 40 heavy (non-hydrogen) atoms. The van der Waals surface area contributed by atoms with Gasteiger partial charge in [0.2, 0.25) is 23.6 Å². The minimum atomic E-state index is -0.363. The molecule has 4 rings (SSSR count). The Hall–Kier alpha value is -2.80. The third-order valence-electron chi connectivity index (χ3n) is 8.19. The van der Waals surface area contributed by atoms with Gasteiger partial charge in [-0.25, -0.2) is 0 Å². The fraction of sp³-hybridized carbons (Fsp3) is 0.636. The van der Waals surface area contributed by atoms with Gasteiger partial charge in [-0.3, -0.25) is 29.0 Å². The first-order valence-corrected chi connectivity index (χ1v) is 14.7. The summed E-state index contributed by atoms with van der Waals surface area (Å²) in [4.78, 5) is 52.7. The molecule has 0 N–H and O–H groups in total. The molecule has 0 spiro atoms. The highest BCUT2D eigenvalue weighted by atomic mass is 16.5. The quantitative estimate of drug-likeness (QED) is 0.322. The number of allylic oxidation sites excluding steroid dienone is 6. The topological polar surface area (TPSA) is 84.0 Å². The van der Waals surface area contributed by atoms with Crippen LogP contribution in [0.5, 0.6) is 0 Å². The van der Waals surface area contributed by atoms with Crippen molar-refractivity contribution >= 4 is 23.6 Å². The number of imide groups is 2. The first kappa shape index (κ1) is 31.7. The van der Waals surface area contributed by atoms with Gasteiger partial charge in [0.05, 0.1) is 35.9 Å². The number of hydrogen-bond acceptors (Lipinski definition) is 5. The Bertz CT molecular complexity index is 971. The minimum absolute atomic E-state index is 0.0367. The summed E-state index contributed by atoms with van der Waals surface area (Å²) in [5.41, 5.74) is 4.65. The predicted molar refractivity (Wildman–Crippen MR) is 157 cm³/mol. The SMILES string of the molecule is CCN1C(=O)C2C(C=C(C)C)CC(C=C(C)C)C2C1=O.CCN1C(=O)C2C(C=C(C)C)OC(C=C(C)C)C2C1=O. The molecule has 3 aliphatic heterocycles. The summed E-state index contributed by atoms with van der Waals surface area (Å²) in [6.07, 6.45) is 8.61. The number of fused-ring (bicyclic) bond motifs is 2. The van der Waals surface area contributed by atoms with Crippen molar-refractivity contribution in [1.29, 1.82) is 0 Å². The molecule has 4 fully saturated rings. The lowest BCUT2D eigenvalue weighted by Crippen LogP contribution is -2.35. The number of rotatable bonds is 6. The van der Waals surface area contributed by atoms with Crippen LogP contribution in [0.3, 0.4) is 0 Å². The lowest BCUT2D eigenvalue weighted by atomic mass is 9.88. The van der Waals surface area contributed by atoms with Gasteiger partial charge in [0, 0.05) is 13.1 Å². The Labute approximate surface area is 240 Å². The maximum atomic E-state index is 12.5. The van der Waals surface area contributed by atoms with Crippen LogP contribution in [0.25, 0.3) is 0 Å². The highest BCUT2D eigenvalue weighted by Crippen LogP contribution is 2.49. The van der Waals surface area contributed by atoms with Crippen LogP contribution in [-0.2, 0) is 23.9 Å². The summed E-state index contributed by atoms with van der Waals surface area (Å²) in [5.74, 6) is -0.697. The standard InChI is InChI=1S/C17H25NO2.C16H23NO3/c1-6-18-16(19)14-12(7-10(2)3)9-13(8-11(4)5)15(14)17(18)20;1-6-17-15(18)13-11(7-9(2)3)20-12(8-10(4)5)14(13)16(17)19/h7-8,12-15H,6,9H2,1-5H3;7-8,11-14H,6H2,1-5H3. The van der Waals surface area contributed by atoms with Gasteiger partial charge < -0.3 is 4.74 Å². The van der Waals surface area contributed by atoms with Crippen molar-refractivity contribution in [3.05, 3.63) is 46.6 Å². The molecule has 0 bridgehead atoms. The molecule has 0 aromatic carbocycles. The first-order chi connectivity index (χ1) is 18.7.